The maximum Gasteiger partial charge on any atom is 0.273 e. The van der Waals surface area contributed by atoms with Gasteiger partial charge in [0.05, 0.1) is 12.3 Å². The predicted molar refractivity (Wildman–Crippen MR) is 85.7 cm³/mol. The Kier molecular flexibility index (Phi) is 5.34. The molecule has 1 aliphatic heterocycles. The molecule has 0 aromatic carbocycles. The number of furan rings is 1. The lowest BCUT2D eigenvalue weighted by atomic mass is 10.1. The lowest BCUT2D eigenvalue weighted by Gasteiger charge is -2.29. The van der Waals surface area contributed by atoms with Gasteiger partial charge >= 0.3 is 0 Å². The normalized spacial score (nSPS) is 19.6. The third-order valence-corrected chi connectivity index (χ3v) is 5.28. The fraction of sp³-hybridized carbons (Fsp3) is 0.533. The molecule has 2 N–H and O–H groups in total. The van der Waals surface area contributed by atoms with Gasteiger partial charge in [0.2, 0.25) is 10.9 Å². The zero-order chi connectivity index (χ0) is 17.0. The van der Waals surface area contributed by atoms with Crippen molar-refractivity contribution >= 4 is 10.0 Å². The third-order valence-electron chi connectivity index (χ3n) is 3.95. The summed E-state index contributed by atoms with van der Waals surface area (Å²) in [5.41, 5.74) is 0. The Labute approximate surface area is 140 Å². The number of aromatic nitrogens is 1. The molecule has 132 valence electrons. The molecule has 0 bridgehead atoms. The molecule has 3 rings (SSSR count). The standard InChI is InChI=1S/C15H21N3O5S/c19-12-3-1-9-18(11-12)10-2-7-17-24(20,21)15-5-4-13(22-15)14-6-8-16-23-14/h4-6,8,12,17,19H,1-3,7,9-11H2/t12-/m1/s1. The van der Waals surface area contributed by atoms with Crippen LogP contribution in [0.3, 0.4) is 0 Å². The molecule has 0 radical (unpaired) electrons. The number of nitrogens with zero attached hydrogens (tertiary/aromatic N) is 2. The second-order valence-electron chi connectivity index (χ2n) is 5.84. The van der Waals surface area contributed by atoms with E-state index in [0.29, 0.717) is 31.0 Å². The van der Waals surface area contributed by atoms with Gasteiger partial charge in [0.25, 0.3) is 10.0 Å². The van der Waals surface area contributed by atoms with Gasteiger partial charge in [-0.3, -0.25) is 0 Å². The smallest absolute Gasteiger partial charge is 0.273 e. The average Bonchev–Trinajstić information content (AvgIpc) is 3.22. The van der Waals surface area contributed by atoms with Crippen molar-refractivity contribution in [2.45, 2.75) is 30.5 Å². The third kappa shape index (κ3) is 4.23. The highest BCUT2D eigenvalue weighted by Crippen LogP contribution is 2.23. The number of piperidine rings is 1. The number of aliphatic hydroxyl groups excluding tert-OH is 1. The van der Waals surface area contributed by atoms with Crippen LogP contribution in [0.15, 0.2) is 38.4 Å². The summed E-state index contributed by atoms with van der Waals surface area (Å²) in [6.07, 6.45) is 3.68. The molecule has 2 aromatic heterocycles. The molecule has 1 fully saturated rings. The second-order valence-corrected chi connectivity index (χ2v) is 7.54. The van der Waals surface area contributed by atoms with Crippen LogP contribution in [0.1, 0.15) is 19.3 Å². The van der Waals surface area contributed by atoms with Crippen LogP contribution in [-0.4, -0.2) is 55.9 Å². The number of aliphatic hydroxyl groups is 1. The number of hydrogen-bond acceptors (Lipinski definition) is 7. The first-order valence-corrected chi connectivity index (χ1v) is 9.44. The van der Waals surface area contributed by atoms with E-state index in [0.717, 1.165) is 25.9 Å². The summed E-state index contributed by atoms with van der Waals surface area (Å²) in [5.74, 6) is 0.690. The lowest BCUT2D eigenvalue weighted by Crippen LogP contribution is -2.39. The van der Waals surface area contributed by atoms with Gasteiger partial charge in [0.1, 0.15) is 0 Å². The van der Waals surface area contributed by atoms with E-state index in [4.69, 9.17) is 8.94 Å². The lowest BCUT2D eigenvalue weighted by molar-refractivity contribution is 0.0704. The SMILES string of the molecule is O=S(=O)(NCCCN1CCC[C@@H](O)C1)c1ccc(-c2ccno2)o1. The quantitative estimate of drug-likeness (QED) is 0.715. The summed E-state index contributed by atoms with van der Waals surface area (Å²) in [4.78, 5) is 2.15. The van der Waals surface area contributed by atoms with Gasteiger partial charge in [-0.25, -0.2) is 13.1 Å². The van der Waals surface area contributed by atoms with Crippen LogP contribution in [0.4, 0.5) is 0 Å². The summed E-state index contributed by atoms with van der Waals surface area (Å²) in [6.45, 7) is 2.67. The highest BCUT2D eigenvalue weighted by molar-refractivity contribution is 7.89. The molecule has 9 heteroatoms. The van der Waals surface area contributed by atoms with Gasteiger partial charge < -0.3 is 18.9 Å². The molecule has 0 unspecified atom stereocenters. The van der Waals surface area contributed by atoms with Crippen LogP contribution in [0.2, 0.25) is 0 Å². The van der Waals surface area contributed by atoms with Crippen molar-refractivity contribution in [2.24, 2.45) is 0 Å². The number of likely N-dealkylation sites (tertiary alicyclic amines) is 1. The van der Waals surface area contributed by atoms with Crippen LogP contribution in [0.25, 0.3) is 11.5 Å². The largest absolute Gasteiger partial charge is 0.440 e. The molecule has 8 nitrogen and oxygen atoms in total. The predicted octanol–water partition coefficient (Wildman–Crippen LogP) is 1.06. The minimum absolute atomic E-state index is 0.151. The van der Waals surface area contributed by atoms with Crippen molar-refractivity contribution in [1.29, 1.82) is 0 Å². The Morgan fingerprint density at radius 3 is 2.96 bits per heavy atom. The zero-order valence-corrected chi connectivity index (χ0v) is 14.0. The van der Waals surface area contributed by atoms with Crippen LogP contribution in [0, 0.1) is 0 Å². The summed E-state index contributed by atoms with van der Waals surface area (Å²) >= 11 is 0. The van der Waals surface area contributed by atoms with Gasteiger partial charge in [-0.1, -0.05) is 5.16 Å². The average molecular weight is 355 g/mol. The first-order valence-electron chi connectivity index (χ1n) is 7.95. The number of β-amino-alcohol motifs (C(OH)–C–C–N with tert-alkyl or cyclic N) is 1. The minimum Gasteiger partial charge on any atom is -0.440 e. The minimum atomic E-state index is -3.69. The molecule has 0 spiro atoms. The summed E-state index contributed by atoms with van der Waals surface area (Å²) in [7, 11) is -3.69. The summed E-state index contributed by atoms with van der Waals surface area (Å²) in [6, 6.07) is 4.51. The van der Waals surface area contributed by atoms with E-state index in [1.807, 2.05) is 0 Å². The zero-order valence-electron chi connectivity index (χ0n) is 13.2. The van der Waals surface area contributed by atoms with Crippen molar-refractivity contribution in [2.75, 3.05) is 26.2 Å². The molecule has 0 saturated carbocycles. The molecule has 2 aromatic rings. The molecule has 3 heterocycles. The number of nitrogens with one attached hydrogen (secondary N) is 1. The van der Waals surface area contributed by atoms with Gasteiger partial charge in [0.15, 0.2) is 5.76 Å². The van der Waals surface area contributed by atoms with Gasteiger partial charge in [0, 0.05) is 19.2 Å². The summed E-state index contributed by atoms with van der Waals surface area (Å²) < 4.78 is 37.2. The molecule has 1 saturated heterocycles. The van der Waals surface area contributed by atoms with E-state index >= 15 is 0 Å². The molecule has 24 heavy (non-hydrogen) atoms. The molecule has 1 aliphatic rings. The van der Waals surface area contributed by atoms with Crippen molar-refractivity contribution < 1.29 is 22.5 Å². The number of sulfonamides is 1. The monoisotopic (exact) mass is 355 g/mol. The maximum absolute atomic E-state index is 12.2. The maximum atomic E-state index is 12.2. The molecule has 1 atom stereocenters. The van der Waals surface area contributed by atoms with Crippen molar-refractivity contribution in [1.82, 2.24) is 14.8 Å². The van der Waals surface area contributed by atoms with Gasteiger partial charge in [-0.15, -0.1) is 0 Å². The molecular formula is C15H21N3O5S. The van der Waals surface area contributed by atoms with E-state index in [1.165, 1.54) is 18.3 Å². The Balaban J connectivity index is 1.49. The van der Waals surface area contributed by atoms with E-state index in [2.05, 4.69) is 14.8 Å². The Bertz CT molecular complexity index is 741. The summed E-state index contributed by atoms with van der Waals surface area (Å²) in [5, 5.41) is 13.0. The second kappa shape index (κ2) is 7.47. The number of rotatable bonds is 7. The van der Waals surface area contributed by atoms with Crippen LogP contribution < -0.4 is 4.72 Å². The topological polar surface area (TPSA) is 109 Å². The van der Waals surface area contributed by atoms with E-state index in [9.17, 15) is 13.5 Å². The number of hydrogen-bond donors (Lipinski definition) is 2. The van der Waals surface area contributed by atoms with E-state index in [-0.39, 0.29) is 11.2 Å². The first kappa shape index (κ1) is 17.2. The molecular weight excluding hydrogens is 334 g/mol. The van der Waals surface area contributed by atoms with Crippen molar-refractivity contribution in [3.05, 3.63) is 24.4 Å². The highest BCUT2D eigenvalue weighted by Gasteiger charge is 2.21. The Morgan fingerprint density at radius 1 is 1.33 bits per heavy atom. The first-order chi connectivity index (χ1) is 11.5. The Morgan fingerprint density at radius 2 is 2.21 bits per heavy atom. The fourth-order valence-corrected chi connectivity index (χ4v) is 3.76. The van der Waals surface area contributed by atoms with E-state index in [1.54, 1.807) is 6.07 Å². The fourth-order valence-electron chi connectivity index (χ4n) is 2.75. The van der Waals surface area contributed by atoms with Gasteiger partial charge in [-0.05, 0) is 44.5 Å². The van der Waals surface area contributed by atoms with Gasteiger partial charge in [-0.2, -0.15) is 0 Å². The van der Waals surface area contributed by atoms with Crippen LogP contribution >= 0.6 is 0 Å². The van der Waals surface area contributed by atoms with Crippen molar-refractivity contribution in [3.8, 4) is 11.5 Å². The highest BCUT2D eigenvalue weighted by atomic mass is 32.2. The van der Waals surface area contributed by atoms with Crippen LogP contribution in [-0.2, 0) is 10.0 Å². The van der Waals surface area contributed by atoms with E-state index < -0.39 is 10.0 Å². The Hall–Kier alpha value is -1.68. The van der Waals surface area contributed by atoms with Crippen LogP contribution in [0.5, 0.6) is 0 Å². The molecule has 0 amide bonds. The van der Waals surface area contributed by atoms with Crippen molar-refractivity contribution in [3.63, 3.8) is 0 Å². The molecule has 0 aliphatic carbocycles.